The Labute approximate surface area is 115 Å². The van der Waals surface area contributed by atoms with E-state index < -0.39 is 0 Å². The van der Waals surface area contributed by atoms with Crippen LogP contribution >= 0.6 is 11.6 Å². The van der Waals surface area contributed by atoms with Gasteiger partial charge in [-0.2, -0.15) is 0 Å². The molecule has 0 spiro atoms. The van der Waals surface area contributed by atoms with E-state index in [1.807, 2.05) is 0 Å². The minimum atomic E-state index is 0.411. The summed E-state index contributed by atoms with van der Waals surface area (Å²) in [6, 6.07) is 10.6. The maximum absolute atomic E-state index is 5.90. The number of benzene rings is 1. The second kappa shape index (κ2) is 7.55. The predicted molar refractivity (Wildman–Crippen MR) is 77.4 cm³/mol. The van der Waals surface area contributed by atoms with Gasteiger partial charge in [-0.1, -0.05) is 30.3 Å². The Bertz CT molecular complexity index is 375. The summed E-state index contributed by atoms with van der Waals surface area (Å²) in [5.41, 5.74) is 3.10. The molecule has 98 valence electrons. The Morgan fingerprint density at radius 2 is 2.06 bits per heavy atom. The van der Waals surface area contributed by atoms with Crippen LogP contribution in [0.3, 0.4) is 0 Å². The van der Waals surface area contributed by atoms with Crippen LogP contribution in [0.25, 0.3) is 0 Å². The standard InChI is InChI=1S/C15H22ClN2/c16-13-18-12-6-2-5-9-15(18)17-11-10-14-7-3-1-4-8-14/h1,3-4,7-8,13,15,17H,2,5-6,9-12H2/q+1/b18-13+. The molecule has 1 aliphatic rings. The van der Waals surface area contributed by atoms with Crippen molar-refractivity contribution in [3.8, 4) is 0 Å². The van der Waals surface area contributed by atoms with Gasteiger partial charge in [-0.3, -0.25) is 5.32 Å². The summed E-state index contributed by atoms with van der Waals surface area (Å²) >= 11 is 5.90. The van der Waals surface area contributed by atoms with Crippen LogP contribution in [0.4, 0.5) is 0 Å². The number of nitrogens with one attached hydrogen (secondary N) is 1. The summed E-state index contributed by atoms with van der Waals surface area (Å²) in [4.78, 5) is 0. The lowest BCUT2D eigenvalue weighted by molar-refractivity contribution is -0.565. The molecule has 1 saturated heterocycles. The molecule has 1 aliphatic heterocycles. The molecule has 1 heterocycles. The van der Waals surface area contributed by atoms with E-state index in [2.05, 4.69) is 40.2 Å². The fraction of sp³-hybridized carbons (Fsp3) is 0.533. The monoisotopic (exact) mass is 265 g/mol. The molecular weight excluding hydrogens is 244 g/mol. The van der Waals surface area contributed by atoms with Gasteiger partial charge in [-0.15, -0.1) is 0 Å². The highest BCUT2D eigenvalue weighted by atomic mass is 35.5. The summed E-state index contributed by atoms with van der Waals surface area (Å²) < 4.78 is 2.24. The summed E-state index contributed by atoms with van der Waals surface area (Å²) in [7, 11) is 0. The first-order chi connectivity index (χ1) is 8.90. The Morgan fingerprint density at radius 1 is 1.22 bits per heavy atom. The van der Waals surface area contributed by atoms with Gasteiger partial charge in [-0.05, 0) is 36.4 Å². The first-order valence-electron chi connectivity index (χ1n) is 6.87. The lowest BCUT2D eigenvalue weighted by atomic mass is 10.1. The quantitative estimate of drug-likeness (QED) is 0.827. The normalized spacial score (nSPS) is 22.9. The lowest BCUT2D eigenvalue weighted by Gasteiger charge is -2.14. The number of hydrogen-bond donors (Lipinski definition) is 1. The highest BCUT2D eigenvalue weighted by molar-refractivity contribution is 6.54. The zero-order chi connectivity index (χ0) is 12.6. The maximum atomic E-state index is 5.90. The summed E-state index contributed by atoms with van der Waals surface area (Å²) in [5, 5.41) is 3.62. The summed E-state index contributed by atoms with van der Waals surface area (Å²) in [5.74, 6) is 0. The smallest absolute Gasteiger partial charge is 0.233 e. The van der Waals surface area contributed by atoms with E-state index in [4.69, 9.17) is 11.6 Å². The van der Waals surface area contributed by atoms with Crippen LogP contribution in [-0.4, -0.2) is 29.5 Å². The van der Waals surface area contributed by atoms with Gasteiger partial charge in [0.05, 0.1) is 0 Å². The Hall–Kier alpha value is -0.860. The molecule has 2 nitrogen and oxygen atoms in total. The molecule has 0 aromatic heterocycles. The van der Waals surface area contributed by atoms with E-state index in [9.17, 15) is 0 Å². The minimum Gasteiger partial charge on any atom is -0.259 e. The van der Waals surface area contributed by atoms with E-state index in [1.165, 1.54) is 31.2 Å². The van der Waals surface area contributed by atoms with Gasteiger partial charge < -0.3 is 0 Å². The number of nitrogens with zero attached hydrogens (tertiary/aromatic N) is 1. The van der Waals surface area contributed by atoms with Crippen molar-refractivity contribution in [2.45, 2.75) is 38.3 Å². The van der Waals surface area contributed by atoms with Gasteiger partial charge in [0, 0.05) is 19.4 Å². The Morgan fingerprint density at radius 3 is 2.83 bits per heavy atom. The van der Waals surface area contributed by atoms with Crippen LogP contribution in [0.2, 0.25) is 0 Å². The number of rotatable bonds is 4. The van der Waals surface area contributed by atoms with E-state index in [-0.39, 0.29) is 0 Å². The van der Waals surface area contributed by atoms with Gasteiger partial charge >= 0.3 is 0 Å². The van der Waals surface area contributed by atoms with E-state index in [0.717, 1.165) is 19.5 Å². The topological polar surface area (TPSA) is 15.0 Å². The number of hydrogen-bond acceptors (Lipinski definition) is 1. The van der Waals surface area contributed by atoms with Crippen molar-refractivity contribution in [3.05, 3.63) is 35.9 Å². The molecule has 1 aromatic carbocycles. The van der Waals surface area contributed by atoms with Gasteiger partial charge in [0.1, 0.15) is 6.54 Å². The molecule has 0 radical (unpaired) electrons. The van der Waals surface area contributed by atoms with Gasteiger partial charge in [0.15, 0.2) is 0 Å². The molecule has 1 N–H and O–H groups in total. The predicted octanol–water partition coefficient (Wildman–Crippen LogP) is 3.00. The zero-order valence-corrected chi connectivity index (χ0v) is 11.6. The molecule has 0 amide bonds. The lowest BCUT2D eigenvalue weighted by Crippen LogP contribution is -2.40. The van der Waals surface area contributed by atoms with Crippen LogP contribution in [0.15, 0.2) is 30.3 Å². The van der Waals surface area contributed by atoms with Crippen molar-refractivity contribution in [1.82, 2.24) is 5.32 Å². The molecule has 0 aliphatic carbocycles. The molecule has 1 fully saturated rings. The first-order valence-corrected chi connectivity index (χ1v) is 7.30. The SMILES string of the molecule is Cl/C=[N+]1\CCCCCC1NCCc1ccccc1. The van der Waals surface area contributed by atoms with Gasteiger partial charge in [-0.25, -0.2) is 4.58 Å². The second-order valence-corrected chi connectivity index (χ2v) is 5.09. The van der Waals surface area contributed by atoms with Gasteiger partial charge in [0.2, 0.25) is 11.8 Å². The van der Waals surface area contributed by atoms with E-state index in [1.54, 1.807) is 5.67 Å². The van der Waals surface area contributed by atoms with Crippen molar-refractivity contribution < 1.29 is 4.58 Å². The molecule has 18 heavy (non-hydrogen) atoms. The first kappa shape index (κ1) is 13.6. The third-order valence-electron chi connectivity index (χ3n) is 3.56. The van der Waals surface area contributed by atoms with Crippen LogP contribution in [0.1, 0.15) is 31.2 Å². The highest BCUT2D eigenvalue weighted by Gasteiger charge is 2.21. The minimum absolute atomic E-state index is 0.411. The van der Waals surface area contributed by atoms with Crippen molar-refractivity contribution in [2.75, 3.05) is 13.1 Å². The molecule has 0 bridgehead atoms. The third-order valence-corrected chi connectivity index (χ3v) is 3.81. The van der Waals surface area contributed by atoms with Crippen molar-refractivity contribution in [3.63, 3.8) is 0 Å². The summed E-state index contributed by atoms with van der Waals surface area (Å²) in [6.07, 6.45) is 6.54. The summed E-state index contributed by atoms with van der Waals surface area (Å²) in [6.45, 7) is 2.09. The van der Waals surface area contributed by atoms with Crippen molar-refractivity contribution >= 4 is 17.3 Å². The number of halogens is 1. The van der Waals surface area contributed by atoms with E-state index in [0.29, 0.717) is 6.17 Å². The molecule has 3 heteroatoms. The Balaban J connectivity index is 1.81. The molecule has 0 saturated carbocycles. The molecular formula is C15H22ClN2+. The second-order valence-electron chi connectivity index (χ2n) is 4.89. The average molecular weight is 266 g/mol. The third kappa shape index (κ3) is 4.11. The molecule has 1 aromatic rings. The maximum Gasteiger partial charge on any atom is 0.233 e. The Kier molecular flexibility index (Phi) is 5.69. The fourth-order valence-electron chi connectivity index (χ4n) is 2.49. The van der Waals surface area contributed by atoms with E-state index >= 15 is 0 Å². The zero-order valence-electron chi connectivity index (χ0n) is 10.8. The van der Waals surface area contributed by atoms with Crippen LogP contribution in [0.5, 0.6) is 0 Å². The van der Waals surface area contributed by atoms with Crippen LogP contribution in [-0.2, 0) is 6.42 Å². The van der Waals surface area contributed by atoms with Crippen molar-refractivity contribution in [2.24, 2.45) is 0 Å². The van der Waals surface area contributed by atoms with Crippen LogP contribution < -0.4 is 5.32 Å². The van der Waals surface area contributed by atoms with Crippen LogP contribution in [0, 0.1) is 0 Å². The largest absolute Gasteiger partial charge is 0.259 e. The van der Waals surface area contributed by atoms with Crippen molar-refractivity contribution in [1.29, 1.82) is 0 Å². The fourth-order valence-corrected chi connectivity index (χ4v) is 2.73. The average Bonchev–Trinajstić information content (AvgIpc) is 2.65. The molecule has 1 unspecified atom stereocenters. The van der Waals surface area contributed by atoms with Gasteiger partial charge in [0.25, 0.3) is 0 Å². The molecule has 1 atom stereocenters. The highest BCUT2D eigenvalue weighted by Crippen LogP contribution is 2.11. The molecule has 2 rings (SSSR count).